The molecule has 0 aliphatic heterocycles. The molecular formula is C40H38N15O4S4+. The Balaban J connectivity index is 1.11. The van der Waals surface area contributed by atoms with Gasteiger partial charge in [0.15, 0.2) is 5.65 Å². The Labute approximate surface area is 370 Å². The van der Waals surface area contributed by atoms with Gasteiger partial charge in [0.2, 0.25) is 5.78 Å². The zero-order valence-corrected chi connectivity index (χ0v) is 37.7. The van der Waals surface area contributed by atoms with Crippen LogP contribution in [0.2, 0.25) is 0 Å². The zero-order valence-electron chi connectivity index (χ0n) is 34.4. The van der Waals surface area contributed by atoms with E-state index in [1.165, 1.54) is 22.7 Å². The fraction of sp³-hybridized carbons (Fsp3) is 0.225. The second-order valence-electron chi connectivity index (χ2n) is 14.5. The Hall–Kier alpha value is -6.37. The molecule has 10 rings (SSSR count). The Bertz CT molecular complexity index is 3470. The first kappa shape index (κ1) is 40.7. The summed E-state index contributed by atoms with van der Waals surface area (Å²) in [5.41, 5.74) is 21.7. The van der Waals surface area contributed by atoms with Gasteiger partial charge in [-0.2, -0.15) is 4.68 Å². The molecule has 0 radical (unpaired) electrons. The third-order valence-corrected chi connectivity index (χ3v) is 16.4. The molecule has 10 aromatic heterocycles. The van der Waals surface area contributed by atoms with E-state index < -0.39 is 21.6 Å². The number of imidazole rings is 1. The number of nitrogens with zero attached hydrogens (tertiary/aromatic N) is 13. The average Bonchev–Trinajstić information content (AvgIpc) is 4.16. The van der Waals surface area contributed by atoms with Crippen molar-refractivity contribution in [2.45, 2.75) is 8.42 Å². The number of hydrogen-bond acceptors (Lipinski definition) is 16. The minimum atomic E-state index is -1.42. The highest BCUT2D eigenvalue weighted by Crippen LogP contribution is 2.44. The molecule has 0 amide bonds. The van der Waals surface area contributed by atoms with Gasteiger partial charge in [0.25, 0.3) is 0 Å². The molecule has 0 aliphatic carbocycles. The lowest BCUT2D eigenvalue weighted by Crippen LogP contribution is -2.39. The number of nitrogens with two attached hydrogens (primary N) is 2. The van der Waals surface area contributed by atoms with Gasteiger partial charge in [-0.1, -0.05) is 5.21 Å². The van der Waals surface area contributed by atoms with Gasteiger partial charge in [-0.05, 0) is 18.2 Å². The normalized spacial score (nSPS) is 13.0. The fourth-order valence-corrected chi connectivity index (χ4v) is 12.7. The van der Waals surface area contributed by atoms with E-state index in [4.69, 9.17) is 36.0 Å². The van der Waals surface area contributed by atoms with Gasteiger partial charge < -0.3 is 20.9 Å². The summed E-state index contributed by atoms with van der Waals surface area (Å²) in [6.45, 7) is 0.637. The Morgan fingerprint density at radius 2 is 1.41 bits per heavy atom. The minimum absolute atomic E-state index is 0.289. The predicted octanol–water partition coefficient (Wildman–Crippen LogP) is 4.31. The number of rotatable bonds is 13. The fourth-order valence-electron chi connectivity index (χ4n) is 7.53. The van der Waals surface area contributed by atoms with Crippen LogP contribution < -0.4 is 16.1 Å². The SMILES string of the molecule is COCCS(=O)c1sc2nc(-c3cnc4c(c3)nnn4C)cc(-c3cc(-[n+]4ccc(-c5cc(-c6cnc7nccn7c6)nc6sc(S(=O)CCOC)c(N)c56)n4C)nn3C)c2c1N. The maximum Gasteiger partial charge on any atom is 0.373 e. The van der Waals surface area contributed by atoms with Crippen molar-refractivity contribution in [3.63, 3.8) is 0 Å². The first-order valence-corrected chi connectivity index (χ1v) is 23.6. The molecule has 19 nitrogen and oxygen atoms in total. The third kappa shape index (κ3) is 6.96. The van der Waals surface area contributed by atoms with Gasteiger partial charge in [-0.3, -0.25) is 12.8 Å². The zero-order chi connectivity index (χ0) is 43.7. The molecule has 2 unspecified atom stereocenters. The summed E-state index contributed by atoms with van der Waals surface area (Å²) in [4.78, 5) is 24.7. The lowest BCUT2D eigenvalue weighted by molar-refractivity contribution is -0.684. The second kappa shape index (κ2) is 16.1. The van der Waals surface area contributed by atoms with Crippen molar-refractivity contribution >= 4 is 93.0 Å². The molecule has 63 heavy (non-hydrogen) atoms. The van der Waals surface area contributed by atoms with Crippen LogP contribution in [0.1, 0.15) is 0 Å². The predicted molar refractivity (Wildman–Crippen MR) is 243 cm³/mol. The van der Waals surface area contributed by atoms with E-state index in [0.29, 0.717) is 93.3 Å². The number of thiophene rings is 2. The topological polar surface area (TPSA) is 231 Å². The van der Waals surface area contributed by atoms with Gasteiger partial charge in [-0.15, -0.1) is 32.5 Å². The van der Waals surface area contributed by atoms with Gasteiger partial charge in [0, 0.05) is 98.4 Å². The number of pyridine rings is 3. The van der Waals surface area contributed by atoms with Crippen LogP contribution in [0, 0.1) is 0 Å². The van der Waals surface area contributed by atoms with E-state index in [0.717, 1.165) is 33.6 Å². The number of aromatic nitrogens is 13. The molecule has 0 saturated heterocycles. The van der Waals surface area contributed by atoms with Crippen molar-refractivity contribution in [3.8, 4) is 50.8 Å². The van der Waals surface area contributed by atoms with Crippen molar-refractivity contribution in [1.82, 2.24) is 58.8 Å². The molecular weight excluding hydrogens is 883 g/mol. The molecule has 0 spiro atoms. The first-order chi connectivity index (χ1) is 30.5. The van der Waals surface area contributed by atoms with Crippen molar-refractivity contribution in [2.24, 2.45) is 21.1 Å². The van der Waals surface area contributed by atoms with Crippen LogP contribution in [0.25, 0.3) is 88.2 Å². The molecule has 320 valence electrons. The number of anilines is 2. The summed E-state index contributed by atoms with van der Waals surface area (Å²) < 4.78 is 47.7. The van der Waals surface area contributed by atoms with Gasteiger partial charge in [0.1, 0.15) is 29.8 Å². The summed E-state index contributed by atoms with van der Waals surface area (Å²) in [5.74, 6) is 1.76. The van der Waals surface area contributed by atoms with Crippen LogP contribution >= 0.6 is 22.7 Å². The Morgan fingerprint density at radius 3 is 2.08 bits per heavy atom. The number of methoxy groups -OCH3 is 2. The summed E-state index contributed by atoms with van der Waals surface area (Å²) >= 11 is 2.61. The van der Waals surface area contributed by atoms with Crippen LogP contribution in [-0.2, 0) is 52.2 Å². The lowest BCUT2D eigenvalue weighted by atomic mass is 10.0. The lowest BCUT2D eigenvalue weighted by Gasteiger charge is -2.09. The quantitative estimate of drug-likeness (QED) is 0.154. The van der Waals surface area contributed by atoms with E-state index in [1.807, 2.05) is 76.8 Å². The van der Waals surface area contributed by atoms with Crippen molar-refractivity contribution < 1.29 is 22.6 Å². The molecule has 2 atom stereocenters. The number of hydrogen-bond donors (Lipinski definition) is 2. The van der Waals surface area contributed by atoms with E-state index >= 15 is 0 Å². The maximum atomic E-state index is 13.5. The summed E-state index contributed by atoms with van der Waals surface area (Å²) in [5, 5.41) is 14.8. The minimum Gasteiger partial charge on any atom is -0.396 e. The van der Waals surface area contributed by atoms with Crippen LogP contribution in [0.15, 0.2) is 75.9 Å². The largest absolute Gasteiger partial charge is 0.396 e. The van der Waals surface area contributed by atoms with Crippen molar-refractivity contribution in [1.29, 1.82) is 0 Å². The molecule has 10 aromatic rings. The van der Waals surface area contributed by atoms with Gasteiger partial charge in [0.05, 0.1) is 98.7 Å². The number of nitrogen functional groups attached to an aromatic ring is 2. The molecule has 23 heteroatoms. The molecule has 0 aromatic carbocycles. The average molecular weight is 921 g/mol. The third-order valence-electron chi connectivity index (χ3n) is 10.7. The summed E-state index contributed by atoms with van der Waals surface area (Å²) in [6.07, 6.45) is 10.8. The smallest absolute Gasteiger partial charge is 0.373 e. The van der Waals surface area contributed by atoms with E-state index in [1.54, 1.807) is 49.2 Å². The summed E-state index contributed by atoms with van der Waals surface area (Å²) in [6, 6.07) is 9.78. The van der Waals surface area contributed by atoms with Crippen LogP contribution in [0.3, 0.4) is 0 Å². The molecule has 0 aliphatic rings. The van der Waals surface area contributed by atoms with Crippen LogP contribution in [-0.4, -0.2) is 106 Å². The standard InChI is InChI=1S/C40H38N15O4S4/c1-51-29(24-16-25(21-14-27-35(44-18-21)52(2)50-48-27)46-37-32(24)34(42)39(61-37)63(57)13-11-59-5)17-30(49-51)55-8-6-28(53(55)3)23-15-26(22-19-45-40-43-7-9-54(40)20-22)47-36-31(23)33(41)38(60-36)62(56)12-10-58-4/h6-9,14-20H,10-13,41-42H2,1-5H3/q+1. The monoisotopic (exact) mass is 920 g/mol. The Morgan fingerprint density at radius 1 is 0.778 bits per heavy atom. The Kier molecular flexibility index (Phi) is 10.4. The van der Waals surface area contributed by atoms with Crippen molar-refractivity contribution in [2.75, 3.05) is 50.4 Å². The summed E-state index contributed by atoms with van der Waals surface area (Å²) in [7, 11) is 5.92. The molecule has 10 heterocycles. The van der Waals surface area contributed by atoms with Crippen LogP contribution in [0.4, 0.5) is 11.4 Å². The maximum absolute atomic E-state index is 13.5. The number of ether oxygens (including phenoxy) is 2. The van der Waals surface area contributed by atoms with Crippen molar-refractivity contribution in [3.05, 3.63) is 67.5 Å². The van der Waals surface area contributed by atoms with E-state index in [2.05, 4.69) is 25.3 Å². The highest BCUT2D eigenvalue weighted by molar-refractivity contribution is 7.88. The number of aryl methyl sites for hydroxylation is 2. The molecule has 0 saturated carbocycles. The van der Waals surface area contributed by atoms with Gasteiger partial charge in [-0.25, -0.2) is 34.3 Å². The molecule has 0 bridgehead atoms. The highest BCUT2D eigenvalue weighted by Gasteiger charge is 2.29. The molecule has 0 fully saturated rings. The first-order valence-electron chi connectivity index (χ1n) is 19.3. The number of fused-ring (bicyclic) bond motifs is 4. The van der Waals surface area contributed by atoms with E-state index in [-0.39, 0.29) is 5.75 Å². The second-order valence-corrected chi connectivity index (χ2v) is 20.0. The highest BCUT2D eigenvalue weighted by atomic mass is 32.2. The molecule has 4 N–H and O–H groups in total. The van der Waals surface area contributed by atoms with E-state index in [9.17, 15) is 8.42 Å². The van der Waals surface area contributed by atoms with Crippen LogP contribution in [0.5, 0.6) is 0 Å². The van der Waals surface area contributed by atoms with Gasteiger partial charge >= 0.3 is 5.82 Å².